The zero-order valence-corrected chi connectivity index (χ0v) is 12.4. The number of aliphatic hydroxyl groups excluding tert-OH is 1. The van der Waals surface area contributed by atoms with E-state index in [9.17, 15) is 13.9 Å². The van der Waals surface area contributed by atoms with Gasteiger partial charge < -0.3 is 10.0 Å². The van der Waals surface area contributed by atoms with E-state index in [1.54, 1.807) is 32.0 Å². The lowest BCUT2D eigenvalue weighted by molar-refractivity contribution is 0.199. The molecule has 1 unspecified atom stereocenters. The van der Waals surface area contributed by atoms with Gasteiger partial charge in [0.05, 0.1) is 6.10 Å². The molecule has 21 heavy (non-hydrogen) atoms. The third-order valence-corrected chi connectivity index (χ3v) is 3.48. The molecule has 0 fully saturated rings. The molecule has 0 saturated carbocycles. The van der Waals surface area contributed by atoms with E-state index >= 15 is 0 Å². The van der Waals surface area contributed by atoms with E-state index in [4.69, 9.17) is 0 Å². The van der Waals surface area contributed by atoms with Gasteiger partial charge in [0.25, 0.3) is 0 Å². The van der Waals surface area contributed by atoms with Crippen molar-refractivity contribution in [1.29, 1.82) is 0 Å². The minimum atomic E-state index is -0.808. The fourth-order valence-electron chi connectivity index (χ4n) is 2.39. The van der Waals surface area contributed by atoms with Crippen molar-refractivity contribution >= 4 is 11.4 Å². The lowest BCUT2D eigenvalue weighted by Crippen LogP contribution is -2.19. The molecule has 0 aliphatic rings. The summed E-state index contributed by atoms with van der Waals surface area (Å²) in [4.78, 5) is 1.86. The Morgan fingerprint density at radius 2 is 1.90 bits per heavy atom. The first-order chi connectivity index (χ1) is 9.93. The number of hydrogen-bond donors (Lipinski definition) is 1. The Hall–Kier alpha value is -1.94. The van der Waals surface area contributed by atoms with Crippen molar-refractivity contribution in [3.8, 4) is 0 Å². The Morgan fingerprint density at radius 1 is 1.19 bits per heavy atom. The summed E-state index contributed by atoms with van der Waals surface area (Å²) in [7, 11) is 0. The number of aliphatic hydroxyl groups is 1. The summed E-state index contributed by atoms with van der Waals surface area (Å²) in [6.07, 6.45) is -0.808. The van der Waals surface area contributed by atoms with Gasteiger partial charge in [0.15, 0.2) is 0 Å². The summed E-state index contributed by atoms with van der Waals surface area (Å²) < 4.78 is 27.2. The second kappa shape index (κ2) is 6.22. The summed E-state index contributed by atoms with van der Waals surface area (Å²) in [6, 6.07) is 9.25. The first-order valence-electron chi connectivity index (χ1n) is 6.95. The van der Waals surface area contributed by atoms with Crippen molar-refractivity contribution in [2.24, 2.45) is 0 Å². The van der Waals surface area contributed by atoms with Crippen LogP contribution in [-0.2, 0) is 0 Å². The molecule has 0 amide bonds. The van der Waals surface area contributed by atoms with Gasteiger partial charge in [-0.05, 0) is 56.7 Å². The van der Waals surface area contributed by atoms with Gasteiger partial charge in [0.2, 0.25) is 0 Å². The maximum atomic E-state index is 13.8. The zero-order valence-electron chi connectivity index (χ0n) is 12.4. The number of rotatable bonds is 4. The van der Waals surface area contributed by atoms with Crippen molar-refractivity contribution in [1.82, 2.24) is 0 Å². The Morgan fingerprint density at radius 3 is 2.48 bits per heavy atom. The van der Waals surface area contributed by atoms with Crippen LogP contribution < -0.4 is 4.90 Å². The Labute approximate surface area is 123 Å². The van der Waals surface area contributed by atoms with E-state index in [-0.39, 0.29) is 11.6 Å². The lowest BCUT2D eigenvalue weighted by Gasteiger charge is -2.27. The molecule has 2 nitrogen and oxygen atoms in total. The Bertz CT molecular complexity index is 641. The normalized spacial score (nSPS) is 12.3. The molecule has 0 saturated heterocycles. The van der Waals surface area contributed by atoms with Gasteiger partial charge in [-0.3, -0.25) is 0 Å². The van der Waals surface area contributed by atoms with E-state index in [2.05, 4.69) is 0 Å². The number of halogens is 2. The van der Waals surface area contributed by atoms with Gasteiger partial charge >= 0.3 is 0 Å². The van der Waals surface area contributed by atoms with Crippen LogP contribution in [0.5, 0.6) is 0 Å². The Kier molecular flexibility index (Phi) is 4.58. The second-order valence-corrected chi connectivity index (χ2v) is 5.06. The average molecular weight is 291 g/mol. The highest BCUT2D eigenvalue weighted by molar-refractivity contribution is 5.67. The number of aryl methyl sites for hydroxylation is 1. The van der Waals surface area contributed by atoms with Crippen LogP contribution in [0.3, 0.4) is 0 Å². The van der Waals surface area contributed by atoms with Crippen molar-refractivity contribution in [2.75, 3.05) is 11.4 Å². The van der Waals surface area contributed by atoms with Crippen LogP contribution in [0.1, 0.15) is 31.1 Å². The van der Waals surface area contributed by atoms with Gasteiger partial charge in [-0.15, -0.1) is 0 Å². The number of nitrogens with zero attached hydrogens (tertiary/aromatic N) is 1. The molecule has 0 heterocycles. The van der Waals surface area contributed by atoms with Gasteiger partial charge in [-0.2, -0.15) is 0 Å². The summed E-state index contributed by atoms with van der Waals surface area (Å²) in [6.45, 7) is 5.76. The molecular formula is C17H19F2NO. The van der Waals surface area contributed by atoms with Gasteiger partial charge in [-0.25, -0.2) is 8.78 Å². The number of benzene rings is 2. The third-order valence-electron chi connectivity index (χ3n) is 3.48. The van der Waals surface area contributed by atoms with Gasteiger partial charge in [0.1, 0.15) is 11.6 Å². The van der Waals surface area contributed by atoms with Crippen molar-refractivity contribution in [3.05, 3.63) is 59.2 Å². The van der Waals surface area contributed by atoms with E-state index < -0.39 is 6.10 Å². The van der Waals surface area contributed by atoms with Crippen LogP contribution in [0.25, 0.3) is 0 Å². The molecule has 2 aromatic rings. The average Bonchev–Trinajstić information content (AvgIpc) is 2.43. The summed E-state index contributed by atoms with van der Waals surface area (Å²) in [5.41, 5.74) is 2.34. The highest BCUT2D eigenvalue weighted by Crippen LogP contribution is 2.34. The summed E-state index contributed by atoms with van der Waals surface area (Å²) >= 11 is 0. The highest BCUT2D eigenvalue weighted by atomic mass is 19.1. The van der Waals surface area contributed by atoms with E-state index in [0.717, 1.165) is 0 Å². The molecule has 112 valence electrons. The van der Waals surface area contributed by atoms with Crippen LogP contribution in [0.15, 0.2) is 36.4 Å². The smallest absolute Gasteiger partial charge is 0.126 e. The van der Waals surface area contributed by atoms with Gasteiger partial charge in [-0.1, -0.05) is 6.07 Å². The maximum Gasteiger partial charge on any atom is 0.126 e. The standard InChI is InChI=1S/C17H19F2NO/c1-4-20(14-7-5-6-13(18)9-14)17-8-11(2)16(19)10-15(17)12(3)21/h5-10,12,21H,4H2,1-3H3. The Balaban J connectivity index is 2.59. The van der Waals surface area contributed by atoms with Crippen molar-refractivity contribution < 1.29 is 13.9 Å². The SMILES string of the molecule is CCN(c1cccc(F)c1)c1cc(C)c(F)cc1C(C)O. The molecule has 1 N–H and O–H groups in total. The largest absolute Gasteiger partial charge is 0.389 e. The quantitative estimate of drug-likeness (QED) is 0.897. The zero-order chi connectivity index (χ0) is 15.6. The fraction of sp³-hybridized carbons (Fsp3) is 0.294. The van der Waals surface area contributed by atoms with Crippen molar-refractivity contribution in [2.45, 2.75) is 26.9 Å². The van der Waals surface area contributed by atoms with E-state index in [1.807, 2.05) is 11.8 Å². The molecule has 0 aliphatic heterocycles. The fourth-order valence-corrected chi connectivity index (χ4v) is 2.39. The summed E-state index contributed by atoms with van der Waals surface area (Å²) in [5.74, 6) is -0.687. The minimum absolute atomic E-state index is 0.330. The molecule has 4 heteroatoms. The minimum Gasteiger partial charge on any atom is -0.389 e. The van der Waals surface area contributed by atoms with Crippen LogP contribution in [0, 0.1) is 18.6 Å². The molecule has 0 radical (unpaired) electrons. The molecule has 1 atom stereocenters. The van der Waals surface area contributed by atoms with Crippen LogP contribution >= 0.6 is 0 Å². The molecule has 0 bridgehead atoms. The predicted molar refractivity (Wildman–Crippen MR) is 80.9 cm³/mol. The molecule has 0 spiro atoms. The topological polar surface area (TPSA) is 23.5 Å². The maximum absolute atomic E-state index is 13.8. The number of anilines is 2. The van der Waals surface area contributed by atoms with Crippen LogP contribution in [0.4, 0.5) is 20.2 Å². The van der Waals surface area contributed by atoms with Crippen molar-refractivity contribution in [3.63, 3.8) is 0 Å². The van der Waals surface area contributed by atoms with E-state index in [1.165, 1.54) is 18.2 Å². The van der Waals surface area contributed by atoms with Crippen LogP contribution in [0.2, 0.25) is 0 Å². The molecule has 0 aromatic heterocycles. The van der Waals surface area contributed by atoms with E-state index in [0.29, 0.717) is 29.0 Å². The van der Waals surface area contributed by atoms with Gasteiger partial charge in [0, 0.05) is 23.5 Å². The molecule has 2 aromatic carbocycles. The second-order valence-electron chi connectivity index (χ2n) is 5.06. The number of hydrogen-bond acceptors (Lipinski definition) is 2. The third kappa shape index (κ3) is 3.22. The first kappa shape index (κ1) is 15.4. The lowest BCUT2D eigenvalue weighted by atomic mass is 10.0. The van der Waals surface area contributed by atoms with Crippen LogP contribution in [-0.4, -0.2) is 11.7 Å². The predicted octanol–water partition coefficient (Wildman–Crippen LogP) is 4.48. The highest BCUT2D eigenvalue weighted by Gasteiger charge is 2.17. The molecule has 0 aliphatic carbocycles. The monoisotopic (exact) mass is 291 g/mol. The first-order valence-corrected chi connectivity index (χ1v) is 6.95. The summed E-state index contributed by atoms with van der Waals surface area (Å²) in [5, 5.41) is 9.90. The molecule has 2 rings (SSSR count). The molecular weight excluding hydrogens is 272 g/mol.